The number of likely N-dealkylation sites (tertiary alicyclic amines) is 1. The highest BCUT2D eigenvalue weighted by Crippen LogP contribution is 2.25. The third kappa shape index (κ3) is 4.92. The van der Waals surface area contributed by atoms with Crippen LogP contribution in [0.4, 0.5) is 5.69 Å². The van der Waals surface area contributed by atoms with Crippen LogP contribution in [0.5, 0.6) is 0 Å². The number of nitrogens with zero attached hydrogens (tertiary/aromatic N) is 1. The Hall–Kier alpha value is -1.22. The fourth-order valence-electron chi connectivity index (χ4n) is 2.98. The first kappa shape index (κ1) is 17.8. The number of para-hydroxylation sites is 1. The van der Waals surface area contributed by atoms with Crippen LogP contribution in [0.2, 0.25) is 0 Å². The van der Waals surface area contributed by atoms with Crippen LogP contribution in [0, 0.1) is 11.8 Å². The van der Waals surface area contributed by atoms with Gasteiger partial charge in [-0.15, -0.1) is 12.4 Å². The number of carbonyl (C=O) groups excluding carboxylic acids is 1. The van der Waals surface area contributed by atoms with Crippen LogP contribution in [0.15, 0.2) is 24.3 Å². The predicted molar refractivity (Wildman–Crippen MR) is 90.6 cm³/mol. The van der Waals surface area contributed by atoms with Gasteiger partial charge in [-0.1, -0.05) is 32.0 Å². The summed E-state index contributed by atoms with van der Waals surface area (Å²) in [6, 6.07) is 7.81. The van der Waals surface area contributed by atoms with Gasteiger partial charge in [0.05, 0.1) is 0 Å². The lowest BCUT2D eigenvalue weighted by atomic mass is 9.86. The van der Waals surface area contributed by atoms with E-state index in [2.05, 4.69) is 13.8 Å². The molecule has 0 unspecified atom stereocenters. The van der Waals surface area contributed by atoms with E-state index < -0.39 is 0 Å². The number of benzene rings is 1. The van der Waals surface area contributed by atoms with E-state index in [1.165, 1.54) is 0 Å². The molecule has 1 aliphatic heterocycles. The number of halogens is 1. The zero-order valence-corrected chi connectivity index (χ0v) is 13.9. The van der Waals surface area contributed by atoms with Crippen molar-refractivity contribution in [2.75, 3.05) is 18.8 Å². The molecule has 1 aromatic rings. The number of hydrogen-bond donors (Lipinski definition) is 1. The molecule has 0 spiro atoms. The van der Waals surface area contributed by atoms with Crippen LogP contribution in [0.25, 0.3) is 0 Å². The van der Waals surface area contributed by atoms with Crippen molar-refractivity contribution in [3.8, 4) is 0 Å². The van der Waals surface area contributed by atoms with Gasteiger partial charge in [0.15, 0.2) is 0 Å². The smallest absolute Gasteiger partial charge is 0.222 e. The van der Waals surface area contributed by atoms with Crippen molar-refractivity contribution >= 4 is 24.0 Å². The lowest BCUT2D eigenvalue weighted by molar-refractivity contribution is -0.132. The molecular formula is C17H27ClN2O. The summed E-state index contributed by atoms with van der Waals surface area (Å²) in [7, 11) is 0. The van der Waals surface area contributed by atoms with Gasteiger partial charge in [0.1, 0.15) is 0 Å². The van der Waals surface area contributed by atoms with Gasteiger partial charge in [-0.2, -0.15) is 0 Å². The maximum absolute atomic E-state index is 12.2. The summed E-state index contributed by atoms with van der Waals surface area (Å²) >= 11 is 0. The van der Waals surface area contributed by atoms with E-state index in [0.717, 1.165) is 55.4 Å². The van der Waals surface area contributed by atoms with E-state index >= 15 is 0 Å². The predicted octanol–water partition coefficient (Wildman–Crippen LogP) is 3.52. The second kappa shape index (κ2) is 8.28. The van der Waals surface area contributed by atoms with E-state index in [0.29, 0.717) is 6.42 Å². The number of aryl methyl sites for hydroxylation is 1. The van der Waals surface area contributed by atoms with Gasteiger partial charge in [-0.05, 0) is 42.7 Å². The highest BCUT2D eigenvalue weighted by molar-refractivity contribution is 5.85. The van der Waals surface area contributed by atoms with E-state index in [9.17, 15) is 4.79 Å². The maximum atomic E-state index is 12.2. The lowest BCUT2D eigenvalue weighted by Gasteiger charge is -2.34. The molecule has 0 bridgehead atoms. The van der Waals surface area contributed by atoms with Gasteiger partial charge in [-0.25, -0.2) is 0 Å². The third-order valence-electron chi connectivity index (χ3n) is 4.50. The van der Waals surface area contributed by atoms with Crippen LogP contribution < -0.4 is 5.73 Å². The average Bonchev–Trinajstić information content (AvgIpc) is 2.46. The summed E-state index contributed by atoms with van der Waals surface area (Å²) in [5.41, 5.74) is 7.78. The largest absolute Gasteiger partial charge is 0.399 e. The van der Waals surface area contributed by atoms with Crippen molar-refractivity contribution in [3.63, 3.8) is 0 Å². The molecule has 4 heteroatoms. The lowest BCUT2D eigenvalue weighted by Crippen LogP contribution is -2.39. The van der Waals surface area contributed by atoms with Gasteiger partial charge in [0.25, 0.3) is 0 Å². The Balaban J connectivity index is 0.00000220. The molecule has 1 aromatic carbocycles. The molecule has 2 rings (SSSR count). The molecule has 1 amide bonds. The van der Waals surface area contributed by atoms with Crippen LogP contribution in [0.3, 0.4) is 0 Å². The first-order chi connectivity index (χ1) is 9.58. The maximum Gasteiger partial charge on any atom is 0.222 e. The first-order valence-corrected chi connectivity index (χ1v) is 7.69. The van der Waals surface area contributed by atoms with E-state index in [-0.39, 0.29) is 18.3 Å². The Morgan fingerprint density at radius 3 is 2.48 bits per heavy atom. The van der Waals surface area contributed by atoms with Crippen molar-refractivity contribution in [1.29, 1.82) is 0 Å². The molecule has 0 aromatic heterocycles. The van der Waals surface area contributed by atoms with Gasteiger partial charge in [0.2, 0.25) is 5.91 Å². The minimum atomic E-state index is 0. The molecule has 1 aliphatic rings. The Bertz CT molecular complexity index is 454. The third-order valence-corrected chi connectivity index (χ3v) is 4.50. The molecule has 3 nitrogen and oxygen atoms in total. The number of anilines is 1. The summed E-state index contributed by atoms with van der Waals surface area (Å²) < 4.78 is 0. The van der Waals surface area contributed by atoms with Gasteiger partial charge in [-0.3, -0.25) is 4.79 Å². The number of piperidine rings is 1. The number of carbonyl (C=O) groups is 1. The monoisotopic (exact) mass is 310 g/mol. The van der Waals surface area contributed by atoms with E-state index in [1.807, 2.05) is 29.2 Å². The van der Waals surface area contributed by atoms with Gasteiger partial charge in [0, 0.05) is 25.2 Å². The molecule has 0 saturated carbocycles. The first-order valence-electron chi connectivity index (χ1n) is 7.69. The molecule has 1 fully saturated rings. The highest BCUT2D eigenvalue weighted by Gasteiger charge is 2.24. The number of nitrogens with two attached hydrogens (primary N) is 1. The Morgan fingerprint density at radius 2 is 1.90 bits per heavy atom. The van der Waals surface area contributed by atoms with Gasteiger partial charge < -0.3 is 10.6 Å². The molecule has 21 heavy (non-hydrogen) atoms. The normalized spacial score (nSPS) is 15.9. The van der Waals surface area contributed by atoms with Crippen molar-refractivity contribution in [1.82, 2.24) is 4.90 Å². The molecule has 1 saturated heterocycles. The van der Waals surface area contributed by atoms with Crippen LogP contribution >= 0.6 is 12.4 Å². The van der Waals surface area contributed by atoms with E-state index in [4.69, 9.17) is 5.73 Å². The van der Waals surface area contributed by atoms with Crippen LogP contribution in [0.1, 0.15) is 38.7 Å². The number of nitrogen functional groups attached to an aromatic ring is 1. The fraction of sp³-hybridized carbons (Fsp3) is 0.588. The zero-order chi connectivity index (χ0) is 14.5. The molecule has 118 valence electrons. The molecule has 0 atom stereocenters. The molecule has 0 aliphatic carbocycles. The van der Waals surface area contributed by atoms with Gasteiger partial charge >= 0.3 is 0 Å². The minimum Gasteiger partial charge on any atom is -0.399 e. The topological polar surface area (TPSA) is 46.3 Å². The Morgan fingerprint density at radius 1 is 1.29 bits per heavy atom. The van der Waals surface area contributed by atoms with Crippen molar-refractivity contribution < 1.29 is 4.79 Å². The highest BCUT2D eigenvalue weighted by atomic mass is 35.5. The summed E-state index contributed by atoms with van der Waals surface area (Å²) in [4.78, 5) is 14.3. The summed E-state index contributed by atoms with van der Waals surface area (Å²) in [5.74, 6) is 1.79. The van der Waals surface area contributed by atoms with Crippen molar-refractivity contribution in [3.05, 3.63) is 29.8 Å². The summed E-state index contributed by atoms with van der Waals surface area (Å²) in [6.07, 6.45) is 3.62. The molecule has 1 heterocycles. The summed E-state index contributed by atoms with van der Waals surface area (Å²) in [5, 5.41) is 0. The molecular weight excluding hydrogens is 284 g/mol. The number of amides is 1. The van der Waals surface area contributed by atoms with Crippen molar-refractivity contribution in [2.45, 2.75) is 39.5 Å². The fourth-order valence-corrected chi connectivity index (χ4v) is 2.98. The standard InChI is InChI=1S/C17H26N2O.ClH/c1-13(2)14-9-11-19(12-10-14)17(20)8-7-15-5-3-4-6-16(15)18;/h3-6,13-14H,7-12,18H2,1-2H3;1H. The number of hydrogen-bond acceptors (Lipinski definition) is 2. The van der Waals surface area contributed by atoms with E-state index in [1.54, 1.807) is 0 Å². The average molecular weight is 311 g/mol. The zero-order valence-electron chi connectivity index (χ0n) is 13.0. The SMILES string of the molecule is CC(C)C1CCN(C(=O)CCc2ccccc2N)CC1.Cl. The second-order valence-electron chi connectivity index (χ2n) is 6.16. The Labute approximate surface area is 134 Å². The summed E-state index contributed by atoms with van der Waals surface area (Å²) in [6.45, 7) is 6.40. The quantitative estimate of drug-likeness (QED) is 0.865. The molecule has 2 N–H and O–H groups in total. The minimum absolute atomic E-state index is 0. The Kier molecular flexibility index (Phi) is 7.03. The van der Waals surface area contributed by atoms with Crippen LogP contribution in [-0.4, -0.2) is 23.9 Å². The number of rotatable bonds is 4. The van der Waals surface area contributed by atoms with Crippen LogP contribution in [-0.2, 0) is 11.2 Å². The van der Waals surface area contributed by atoms with Crippen molar-refractivity contribution in [2.24, 2.45) is 11.8 Å². The second-order valence-corrected chi connectivity index (χ2v) is 6.16. The molecule has 0 radical (unpaired) electrons.